The first-order chi connectivity index (χ1) is 10.6. The summed E-state index contributed by atoms with van der Waals surface area (Å²) >= 11 is 0. The van der Waals surface area contributed by atoms with E-state index in [1.54, 1.807) is 0 Å². The maximum atomic E-state index is 12.9. The minimum atomic E-state index is -4.84. The molecule has 0 heterocycles. The van der Waals surface area contributed by atoms with Crippen molar-refractivity contribution in [2.75, 3.05) is 4.72 Å². The largest absolute Gasteiger partial charge is 0.478 e. The third-order valence-electron chi connectivity index (χ3n) is 2.84. The summed E-state index contributed by atoms with van der Waals surface area (Å²) in [6, 6.07) is 8.47. The Hall–Kier alpha value is -2.55. The van der Waals surface area contributed by atoms with E-state index in [1.165, 1.54) is 18.2 Å². The first kappa shape index (κ1) is 16.8. The molecule has 23 heavy (non-hydrogen) atoms. The Kier molecular flexibility index (Phi) is 4.33. The molecule has 5 nitrogen and oxygen atoms in total. The molecule has 0 unspecified atom stereocenters. The number of carboxylic acids is 1. The predicted octanol–water partition coefficient (Wildman–Crippen LogP) is 3.20. The Labute approximate surface area is 129 Å². The van der Waals surface area contributed by atoms with Crippen molar-refractivity contribution in [3.05, 3.63) is 59.7 Å². The van der Waals surface area contributed by atoms with E-state index in [4.69, 9.17) is 5.11 Å². The summed E-state index contributed by atoms with van der Waals surface area (Å²) in [6.45, 7) is 0. The van der Waals surface area contributed by atoms with Crippen molar-refractivity contribution < 1.29 is 31.5 Å². The molecule has 122 valence electrons. The third-order valence-corrected chi connectivity index (χ3v) is 4.28. The molecular formula is C14H10F3NO4S. The zero-order chi connectivity index (χ0) is 17.3. The van der Waals surface area contributed by atoms with Gasteiger partial charge in [0.15, 0.2) is 0 Å². The zero-order valence-electron chi connectivity index (χ0n) is 11.3. The standard InChI is InChI=1S/C14H10F3NO4S/c15-14(16,17)11-6-1-2-7-12(11)23(21,22)18-10-5-3-4-9(8-10)13(19)20/h1-8,18H,(H,19,20). The molecule has 0 fully saturated rings. The first-order valence-corrected chi connectivity index (χ1v) is 7.62. The Morgan fingerprint density at radius 3 is 2.30 bits per heavy atom. The number of carboxylic acid groups (broad SMARTS) is 1. The summed E-state index contributed by atoms with van der Waals surface area (Å²) in [5, 5.41) is 8.85. The monoisotopic (exact) mass is 345 g/mol. The van der Waals surface area contributed by atoms with Gasteiger partial charge in [-0.15, -0.1) is 0 Å². The Morgan fingerprint density at radius 1 is 1.04 bits per heavy atom. The van der Waals surface area contributed by atoms with Crippen LogP contribution in [0.4, 0.5) is 18.9 Å². The molecule has 0 saturated carbocycles. The highest BCUT2D eigenvalue weighted by molar-refractivity contribution is 7.92. The van der Waals surface area contributed by atoms with Crippen LogP contribution in [0.25, 0.3) is 0 Å². The minimum Gasteiger partial charge on any atom is -0.478 e. The van der Waals surface area contributed by atoms with Crippen LogP contribution in [0.15, 0.2) is 53.4 Å². The zero-order valence-corrected chi connectivity index (χ0v) is 12.1. The summed E-state index contributed by atoms with van der Waals surface area (Å²) in [5.74, 6) is -1.29. The number of halogens is 3. The summed E-state index contributed by atoms with van der Waals surface area (Å²) in [6.07, 6.45) is -4.84. The van der Waals surface area contributed by atoms with Crippen molar-refractivity contribution in [3.63, 3.8) is 0 Å². The van der Waals surface area contributed by atoms with E-state index in [9.17, 15) is 26.4 Å². The fourth-order valence-corrected chi connectivity index (χ4v) is 3.14. The molecule has 0 radical (unpaired) electrons. The third kappa shape index (κ3) is 3.81. The highest BCUT2D eigenvalue weighted by Gasteiger charge is 2.36. The van der Waals surface area contributed by atoms with Gasteiger partial charge in [0.1, 0.15) is 0 Å². The van der Waals surface area contributed by atoms with Gasteiger partial charge in [0, 0.05) is 5.69 Å². The molecule has 0 amide bonds. The molecule has 2 aromatic rings. The molecule has 0 spiro atoms. The van der Waals surface area contributed by atoms with E-state index in [0.29, 0.717) is 6.07 Å². The van der Waals surface area contributed by atoms with E-state index in [-0.39, 0.29) is 11.3 Å². The van der Waals surface area contributed by atoms with Gasteiger partial charge in [-0.3, -0.25) is 4.72 Å². The second-order valence-corrected chi connectivity index (χ2v) is 6.14. The van der Waals surface area contributed by atoms with Gasteiger partial charge >= 0.3 is 12.1 Å². The van der Waals surface area contributed by atoms with Crippen molar-refractivity contribution in [3.8, 4) is 0 Å². The summed E-state index contributed by atoms with van der Waals surface area (Å²) in [7, 11) is -4.53. The SMILES string of the molecule is O=C(O)c1cccc(NS(=O)(=O)c2ccccc2C(F)(F)F)c1. The highest BCUT2D eigenvalue weighted by atomic mass is 32.2. The normalized spacial score (nSPS) is 12.0. The van der Waals surface area contributed by atoms with Gasteiger partial charge in [-0.05, 0) is 30.3 Å². The smallest absolute Gasteiger partial charge is 0.417 e. The lowest BCUT2D eigenvalue weighted by atomic mass is 10.2. The molecule has 9 heteroatoms. The molecular weight excluding hydrogens is 335 g/mol. The molecule has 0 bridgehead atoms. The fourth-order valence-electron chi connectivity index (χ4n) is 1.86. The fraction of sp³-hybridized carbons (Fsp3) is 0.0714. The number of sulfonamides is 1. The van der Waals surface area contributed by atoms with Crippen molar-refractivity contribution in [2.45, 2.75) is 11.1 Å². The number of alkyl halides is 3. The maximum absolute atomic E-state index is 12.9. The molecule has 2 N–H and O–H groups in total. The number of carbonyl (C=O) groups is 1. The van der Waals surface area contributed by atoms with Crippen LogP contribution < -0.4 is 4.72 Å². The van der Waals surface area contributed by atoms with Crippen LogP contribution in [0.5, 0.6) is 0 Å². The second kappa shape index (κ2) is 5.92. The maximum Gasteiger partial charge on any atom is 0.417 e. The van der Waals surface area contributed by atoms with Crippen molar-refractivity contribution >= 4 is 21.7 Å². The predicted molar refractivity (Wildman–Crippen MR) is 75.7 cm³/mol. The van der Waals surface area contributed by atoms with Gasteiger partial charge in [0.2, 0.25) is 0 Å². The summed E-state index contributed by atoms with van der Waals surface area (Å²) < 4.78 is 65.1. The molecule has 2 aromatic carbocycles. The Morgan fingerprint density at radius 2 is 1.70 bits per heavy atom. The minimum absolute atomic E-state index is 0.151. The van der Waals surface area contributed by atoms with Crippen molar-refractivity contribution in [1.29, 1.82) is 0 Å². The van der Waals surface area contributed by atoms with Gasteiger partial charge in [-0.1, -0.05) is 18.2 Å². The van der Waals surface area contributed by atoms with Gasteiger partial charge in [-0.25, -0.2) is 13.2 Å². The number of aromatic carboxylic acids is 1. The van der Waals surface area contributed by atoms with Crippen molar-refractivity contribution in [2.24, 2.45) is 0 Å². The summed E-state index contributed by atoms with van der Waals surface area (Å²) in [4.78, 5) is 9.91. The average Bonchev–Trinajstić information content (AvgIpc) is 2.46. The lowest BCUT2D eigenvalue weighted by Crippen LogP contribution is -2.19. The van der Waals surface area contributed by atoms with Gasteiger partial charge in [0.05, 0.1) is 16.0 Å². The number of hydrogen-bond acceptors (Lipinski definition) is 3. The molecule has 0 aromatic heterocycles. The van der Waals surface area contributed by atoms with Crippen LogP contribution in [-0.2, 0) is 16.2 Å². The van der Waals surface area contributed by atoms with Crippen LogP contribution in [0.2, 0.25) is 0 Å². The van der Waals surface area contributed by atoms with Crippen LogP contribution in [-0.4, -0.2) is 19.5 Å². The van der Waals surface area contributed by atoms with E-state index in [2.05, 4.69) is 0 Å². The number of anilines is 1. The first-order valence-electron chi connectivity index (χ1n) is 6.13. The quantitative estimate of drug-likeness (QED) is 0.891. The highest BCUT2D eigenvalue weighted by Crippen LogP contribution is 2.34. The molecule has 0 saturated heterocycles. The van der Waals surface area contributed by atoms with E-state index in [1.807, 2.05) is 4.72 Å². The molecule has 0 aliphatic rings. The van der Waals surface area contributed by atoms with E-state index >= 15 is 0 Å². The average molecular weight is 345 g/mol. The summed E-state index contributed by atoms with van der Waals surface area (Å²) in [5.41, 5.74) is -1.65. The number of hydrogen-bond donors (Lipinski definition) is 2. The van der Waals surface area contributed by atoms with Gasteiger partial charge in [0.25, 0.3) is 10.0 Å². The van der Waals surface area contributed by atoms with Crippen molar-refractivity contribution in [1.82, 2.24) is 0 Å². The van der Waals surface area contributed by atoms with Crippen LogP contribution >= 0.6 is 0 Å². The van der Waals surface area contributed by atoms with Crippen LogP contribution in [0.1, 0.15) is 15.9 Å². The molecule has 0 aliphatic heterocycles. The molecule has 0 atom stereocenters. The Balaban J connectivity index is 2.45. The van der Waals surface area contributed by atoms with Crippen LogP contribution in [0, 0.1) is 0 Å². The Bertz CT molecular complexity index is 847. The van der Waals surface area contributed by atoms with E-state index in [0.717, 1.165) is 24.3 Å². The van der Waals surface area contributed by atoms with E-state index < -0.39 is 32.6 Å². The lowest BCUT2D eigenvalue weighted by Gasteiger charge is -2.14. The number of rotatable bonds is 4. The van der Waals surface area contributed by atoms with Gasteiger partial charge in [-0.2, -0.15) is 13.2 Å². The van der Waals surface area contributed by atoms with Crippen LogP contribution in [0.3, 0.4) is 0 Å². The molecule has 0 aliphatic carbocycles. The number of benzene rings is 2. The molecule has 2 rings (SSSR count). The topological polar surface area (TPSA) is 83.5 Å². The second-order valence-electron chi connectivity index (χ2n) is 4.49. The van der Waals surface area contributed by atoms with Gasteiger partial charge < -0.3 is 5.11 Å². The number of nitrogens with one attached hydrogen (secondary N) is 1. The lowest BCUT2D eigenvalue weighted by molar-refractivity contribution is -0.139.